The fourth-order valence-corrected chi connectivity index (χ4v) is 3.94. The Labute approximate surface area is 173 Å². The highest BCUT2D eigenvalue weighted by Crippen LogP contribution is 2.34. The first-order valence-electron chi connectivity index (χ1n) is 8.14. The molecule has 2 aromatic carbocycles. The van der Waals surface area contributed by atoms with Crippen LogP contribution in [0.3, 0.4) is 0 Å². The van der Waals surface area contributed by atoms with Crippen molar-refractivity contribution in [3.8, 4) is 0 Å². The van der Waals surface area contributed by atoms with Crippen molar-refractivity contribution in [1.82, 2.24) is 4.90 Å². The van der Waals surface area contributed by atoms with Crippen LogP contribution >= 0.6 is 35.0 Å². The Balaban J connectivity index is 1.64. The highest BCUT2D eigenvalue weighted by Gasteiger charge is 2.35. The lowest BCUT2D eigenvalue weighted by atomic mass is 10.1. The zero-order valence-electron chi connectivity index (χ0n) is 14.1. The van der Waals surface area contributed by atoms with E-state index >= 15 is 0 Å². The summed E-state index contributed by atoms with van der Waals surface area (Å²) in [7, 11) is 0. The van der Waals surface area contributed by atoms with Crippen molar-refractivity contribution < 1.29 is 14.0 Å². The molecule has 2 amide bonds. The summed E-state index contributed by atoms with van der Waals surface area (Å²) >= 11 is 12.7. The molecule has 8 heteroatoms. The molecule has 0 radical (unpaired) electrons. The lowest BCUT2D eigenvalue weighted by Crippen LogP contribution is -2.27. The number of para-hydroxylation sites is 1. The second-order valence-corrected chi connectivity index (χ2v) is 7.84. The number of carbonyl (C=O) groups is 2. The van der Waals surface area contributed by atoms with Crippen molar-refractivity contribution >= 4 is 63.2 Å². The Morgan fingerprint density at radius 1 is 1.04 bits per heavy atom. The largest absolute Gasteiger partial charge is 0.463 e. The van der Waals surface area contributed by atoms with E-state index in [9.17, 15) is 14.4 Å². The fourth-order valence-electron chi connectivity index (χ4n) is 2.79. The fraction of sp³-hybridized carbons (Fsp3) is 0.0500. The predicted molar refractivity (Wildman–Crippen MR) is 110 cm³/mol. The maximum absolute atomic E-state index is 12.7. The summed E-state index contributed by atoms with van der Waals surface area (Å²) in [4.78, 5) is 38.8. The average Bonchev–Trinajstić information content (AvgIpc) is 2.94. The highest BCUT2D eigenvalue weighted by atomic mass is 35.5. The van der Waals surface area contributed by atoms with Crippen LogP contribution in [0.15, 0.2) is 62.8 Å². The summed E-state index contributed by atoms with van der Waals surface area (Å²) < 4.78 is 5.45. The number of hydrogen-bond donors (Lipinski definition) is 0. The molecule has 4 rings (SSSR count). The van der Waals surface area contributed by atoms with Gasteiger partial charge >= 0.3 is 0 Å². The Kier molecular flexibility index (Phi) is 5.02. The van der Waals surface area contributed by atoms with Crippen LogP contribution in [0.2, 0.25) is 10.0 Å². The van der Waals surface area contributed by atoms with Gasteiger partial charge in [0.2, 0.25) is 0 Å². The molecule has 0 aliphatic carbocycles. The van der Waals surface area contributed by atoms with Gasteiger partial charge in [-0.25, -0.2) is 0 Å². The van der Waals surface area contributed by atoms with Crippen LogP contribution in [0.5, 0.6) is 0 Å². The van der Waals surface area contributed by atoms with E-state index in [4.69, 9.17) is 27.6 Å². The van der Waals surface area contributed by atoms with Gasteiger partial charge in [-0.15, -0.1) is 0 Å². The lowest BCUT2D eigenvalue weighted by molar-refractivity contribution is -0.123. The zero-order valence-corrected chi connectivity index (χ0v) is 16.5. The van der Waals surface area contributed by atoms with Crippen molar-refractivity contribution in [2.45, 2.75) is 6.54 Å². The van der Waals surface area contributed by atoms with Gasteiger partial charge in [-0.1, -0.05) is 41.4 Å². The van der Waals surface area contributed by atoms with Gasteiger partial charge in [0.05, 0.1) is 32.4 Å². The van der Waals surface area contributed by atoms with E-state index in [2.05, 4.69) is 0 Å². The van der Waals surface area contributed by atoms with E-state index in [1.165, 1.54) is 12.3 Å². The smallest absolute Gasteiger partial charge is 0.293 e. The summed E-state index contributed by atoms with van der Waals surface area (Å²) in [5.74, 6) is -0.478. The summed E-state index contributed by atoms with van der Waals surface area (Å²) in [5, 5.41) is 0.719. The molecular formula is C20H11Cl2NO4S. The first-order valence-corrected chi connectivity index (χ1v) is 9.71. The number of hydrogen-bond acceptors (Lipinski definition) is 5. The van der Waals surface area contributed by atoms with Gasteiger partial charge < -0.3 is 4.42 Å². The topological polar surface area (TPSA) is 67.6 Å². The molecule has 0 unspecified atom stereocenters. The van der Waals surface area contributed by atoms with Crippen LogP contribution in [-0.4, -0.2) is 16.0 Å². The van der Waals surface area contributed by atoms with E-state index in [-0.39, 0.29) is 22.4 Å². The van der Waals surface area contributed by atoms with Gasteiger partial charge in [-0.3, -0.25) is 19.3 Å². The molecule has 140 valence electrons. The minimum atomic E-state index is -0.478. The molecule has 0 atom stereocenters. The van der Waals surface area contributed by atoms with Gasteiger partial charge in [-0.2, -0.15) is 0 Å². The lowest BCUT2D eigenvalue weighted by Gasteiger charge is -2.12. The van der Waals surface area contributed by atoms with Crippen LogP contribution in [0, 0.1) is 0 Å². The van der Waals surface area contributed by atoms with Crippen molar-refractivity contribution in [1.29, 1.82) is 0 Å². The predicted octanol–water partition coefficient (Wildman–Crippen LogP) is 5.34. The third-order valence-electron chi connectivity index (χ3n) is 4.19. The zero-order chi connectivity index (χ0) is 19.8. The van der Waals surface area contributed by atoms with E-state index < -0.39 is 11.1 Å². The quantitative estimate of drug-likeness (QED) is 0.523. The Hall–Kier alpha value is -2.54. The number of rotatable bonds is 3. The molecule has 0 N–H and O–H groups in total. The second-order valence-electron chi connectivity index (χ2n) is 6.03. The molecule has 5 nitrogen and oxygen atoms in total. The maximum Gasteiger partial charge on any atom is 0.293 e. The molecule has 28 heavy (non-hydrogen) atoms. The van der Waals surface area contributed by atoms with Crippen LogP contribution in [-0.2, 0) is 11.3 Å². The molecule has 1 saturated heterocycles. The van der Waals surface area contributed by atoms with Crippen molar-refractivity contribution in [2.75, 3.05) is 0 Å². The number of nitrogens with zero attached hydrogens (tertiary/aromatic N) is 1. The molecule has 0 spiro atoms. The van der Waals surface area contributed by atoms with Gasteiger partial charge in [0.25, 0.3) is 11.1 Å². The molecular weight excluding hydrogens is 421 g/mol. The van der Waals surface area contributed by atoms with Crippen molar-refractivity contribution in [3.63, 3.8) is 0 Å². The first kappa shape index (κ1) is 18.8. The SMILES string of the molecule is O=C1S/C(=C\c2coc3ccccc3c2=O)C(=O)N1Cc1ccc(Cl)c(Cl)c1. The summed E-state index contributed by atoms with van der Waals surface area (Å²) in [6.07, 6.45) is 2.68. The number of carbonyl (C=O) groups excluding carboxylic acids is 2. The molecule has 0 bridgehead atoms. The third kappa shape index (κ3) is 3.46. The molecule has 0 saturated carbocycles. The minimum absolute atomic E-state index is 0.0607. The number of benzene rings is 2. The number of fused-ring (bicyclic) bond motifs is 1. The summed E-state index contributed by atoms with van der Waals surface area (Å²) in [6.45, 7) is 0.0607. The Bertz CT molecular complexity index is 1220. The summed E-state index contributed by atoms with van der Waals surface area (Å²) in [5.41, 5.74) is 1.07. The van der Waals surface area contributed by atoms with Crippen LogP contribution < -0.4 is 5.43 Å². The normalized spacial score (nSPS) is 15.8. The molecule has 3 aromatic rings. The van der Waals surface area contributed by atoms with E-state index in [0.29, 0.717) is 26.6 Å². The van der Waals surface area contributed by atoms with Crippen LogP contribution in [0.4, 0.5) is 4.79 Å². The molecule has 1 aromatic heterocycles. The minimum Gasteiger partial charge on any atom is -0.463 e. The number of amides is 2. The van der Waals surface area contributed by atoms with Crippen molar-refractivity contribution in [2.24, 2.45) is 0 Å². The van der Waals surface area contributed by atoms with Crippen molar-refractivity contribution in [3.05, 3.63) is 85.0 Å². The highest BCUT2D eigenvalue weighted by molar-refractivity contribution is 8.18. The van der Waals surface area contributed by atoms with Gasteiger partial charge in [0.1, 0.15) is 11.8 Å². The summed E-state index contributed by atoms with van der Waals surface area (Å²) in [6, 6.07) is 11.7. The number of thioether (sulfide) groups is 1. The van der Waals surface area contributed by atoms with Gasteiger partial charge in [0.15, 0.2) is 5.43 Å². The molecule has 2 heterocycles. The van der Waals surface area contributed by atoms with Crippen LogP contribution in [0.25, 0.3) is 17.0 Å². The standard InChI is InChI=1S/C20H11Cl2NO4S/c21-14-6-5-11(7-15(14)22)9-23-19(25)17(28-20(23)26)8-12-10-27-16-4-2-1-3-13(16)18(12)24/h1-8,10H,9H2/b17-8-. The molecule has 1 aliphatic heterocycles. The van der Waals surface area contributed by atoms with Crippen LogP contribution in [0.1, 0.15) is 11.1 Å². The van der Waals surface area contributed by atoms with E-state index in [0.717, 1.165) is 16.7 Å². The third-order valence-corrected chi connectivity index (χ3v) is 5.84. The second kappa shape index (κ2) is 7.47. The van der Waals surface area contributed by atoms with Gasteiger partial charge in [0, 0.05) is 0 Å². The number of imide groups is 1. The Morgan fingerprint density at radius 2 is 1.82 bits per heavy atom. The molecule has 1 fully saturated rings. The monoisotopic (exact) mass is 431 g/mol. The number of halogens is 2. The first-order chi connectivity index (χ1) is 13.4. The van der Waals surface area contributed by atoms with E-state index in [1.807, 2.05) is 0 Å². The Morgan fingerprint density at radius 3 is 2.61 bits per heavy atom. The van der Waals surface area contributed by atoms with Gasteiger partial charge in [-0.05, 0) is 47.7 Å². The molecule has 1 aliphatic rings. The average molecular weight is 432 g/mol. The maximum atomic E-state index is 12.7. The van der Waals surface area contributed by atoms with E-state index in [1.54, 1.807) is 42.5 Å².